The van der Waals surface area contributed by atoms with E-state index < -0.39 is 0 Å². The summed E-state index contributed by atoms with van der Waals surface area (Å²) in [6.07, 6.45) is 6.07. The first-order valence-corrected chi connectivity index (χ1v) is 10.7. The van der Waals surface area contributed by atoms with Crippen LogP contribution < -0.4 is 15.4 Å². The quantitative estimate of drug-likeness (QED) is 0.338. The molecule has 1 amide bonds. The van der Waals surface area contributed by atoms with E-state index in [1.54, 1.807) is 12.1 Å². The van der Waals surface area contributed by atoms with Crippen LogP contribution in [-0.4, -0.2) is 12.5 Å². The first-order chi connectivity index (χ1) is 14.7. The summed E-state index contributed by atoms with van der Waals surface area (Å²) >= 11 is 0. The van der Waals surface area contributed by atoms with Gasteiger partial charge in [0.2, 0.25) is 0 Å². The number of carbonyl (C=O) groups excluding carboxylic acids is 1. The SMILES string of the molecule is CCCCCCCOc1ccc(C(=O)Nc2ccc(Nc3ccccc3)cc2)cc1. The molecule has 0 radical (unpaired) electrons. The summed E-state index contributed by atoms with van der Waals surface area (Å²) in [4.78, 5) is 12.5. The Kier molecular flexibility index (Phi) is 8.34. The minimum atomic E-state index is -0.134. The highest BCUT2D eigenvalue weighted by Gasteiger charge is 2.06. The van der Waals surface area contributed by atoms with Crippen molar-refractivity contribution in [3.63, 3.8) is 0 Å². The summed E-state index contributed by atoms with van der Waals surface area (Å²) in [6.45, 7) is 2.94. The number of unbranched alkanes of at least 4 members (excludes halogenated alkanes) is 4. The van der Waals surface area contributed by atoms with E-state index in [2.05, 4.69) is 17.6 Å². The van der Waals surface area contributed by atoms with Crippen LogP contribution in [-0.2, 0) is 0 Å². The second-order valence-corrected chi connectivity index (χ2v) is 7.31. The molecule has 4 heteroatoms. The normalized spacial score (nSPS) is 10.4. The third-order valence-corrected chi connectivity index (χ3v) is 4.84. The Morgan fingerprint density at radius 1 is 0.733 bits per heavy atom. The molecule has 0 heterocycles. The van der Waals surface area contributed by atoms with Crippen molar-refractivity contribution >= 4 is 23.0 Å². The Bertz CT molecular complexity index is 891. The van der Waals surface area contributed by atoms with E-state index in [1.807, 2.05) is 66.7 Å². The maximum atomic E-state index is 12.5. The molecule has 3 rings (SSSR count). The van der Waals surface area contributed by atoms with Crippen LogP contribution in [0.2, 0.25) is 0 Å². The Hall–Kier alpha value is -3.27. The molecular formula is C26H30N2O2. The Morgan fingerprint density at radius 2 is 1.37 bits per heavy atom. The fourth-order valence-corrected chi connectivity index (χ4v) is 3.13. The molecule has 0 bridgehead atoms. The molecule has 0 aliphatic carbocycles. The zero-order chi connectivity index (χ0) is 21.0. The molecule has 0 aliphatic rings. The molecular weight excluding hydrogens is 372 g/mol. The van der Waals surface area contributed by atoms with Crippen molar-refractivity contribution in [1.29, 1.82) is 0 Å². The summed E-state index contributed by atoms with van der Waals surface area (Å²) in [5.74, 6) is 0.670. The molecule has 0 aromatic heterocycles. The predicted octanol–water partition coefficient (Wildman–Crippen LogP) is 7.03. The third kappa shape index (κ3) is 6.96. The van der Waals surface area contributed by atoms with Crippen molar-refractivity contribution < 1.29 is 9.53 Å². The zero-order valence-corrected chi connectivity index (χ0v) is 17.6. The number of anilines is 3. The summed E-state index contributed by atoms with van der Waals surface area (Å²) < 4.78 is 5.76. The highest BCUT2D eigenvalue weighted by atomic mass is 16.5. The Labute approximate surface area is 179 Å². The minimum absolute atomic E-state index is 0.134. The molecule has 4 nitrogen and oxygen atoms in total. The molecule has 3 aromatic carbocycles. The van der Waals surface area contributed by atoms with E-state index in [0.717, 1.165) is 35.8 Å². The number of hydrogen-bond donors (Lipinski definition) is 2. The van der Waals surface area contributed by atoms with Crippen LogP contribution in [0.25, 0.3) is 0 Å². The molecule has 0 fully saturated rings. The highest BCUT2D eigenvalue weighted by Crippen LogP contribution is 2.20. The van der Waals surface area contributed by atoms with Gasteiger partial charge in [-0.3, -0.25) is 4.79 Å². The number of benzene rings is 3. The van der Waals surface area contributed by atoms with Crippen LogP contribution >= 0.6 is 0 Å². The Morgan fingerprint density at radius 3 is 2.07 bits per heavy atom. The van der Waals surface area contributed by atoms with Crippen LogP contribution in [0.3, 0.4) is 0 Å². The number of carbonyl (C=O) groups is 1. The lowest BCUT2D eigenvalue weighted by Gasteiger charge is -2.10. The number of hydrogen-bond acceptors (Lipinski definition) is 3. The van der Waals surface area contributed by atoms with Gasteiger partial charge in [-0.25, -0.2) is 0 Å². The first-order valence-electron chi connectivity index (χ1n) is 10.7. The van der Waals surface area contributed by atoms with Gasteiger partial charge in [0.25, 0.3) is 5.91 Å². The largest absolute Gasteiger partial charge is 0.494 e. The maximum Gasteiger partial charge on any atom is 0.255 e. The predicted molar refractivity (Wildman–Crippen MR) is 125 cm³/mol. The standard InChI is InChI=1S/C26H30N2O2/c1-2-3-4-5-9-20-30-25-18-12-21(13-19-25)26(29)28-24-16-14-23(15-17-24)27-22-10-7-6-8-11-22/h6-8,10-19,27H,2-5,9,20H2,1H3,(H,28,29). The Balaban J connectivity index is 1.46. The number of ether oxygens (including phenoxy) is 1. The molecule has 0 saturated carbocycles. The van der Waals surface area contributed by atoms with Crippen LogP contribution in [0.1, 0.15) is 49.4 Å². The molecule has 2 N–H and O–H groups in total. The second kappa shape index (κ2) is 11.7. The molecule has 0 aliphatic heterocycles. The van der Waals surface area contributed by atoms with Gasteiger partial charge in [0.15, 0.2) is 0 Å². The summed E-state index contributed by atoms with van der Waals surface area (Å²) in [6, 6.07) is 24.9. The van der Waals surface area contributed by atoms with Gasteiger partial charge in [-0.15, -0.1) is 0 Å². The lowest BCUT2D eigenvalue weighted by molar-refractivity contribution is 0.102. The molecule has 3 aromatic rings. The number of amides is 1. The van der Waals surface area contributed by atoms with Gasteiger partial charge in [0, 0.05) is 22.6 Å². The lowest BCUT2D eigenvalue weighted by Crippen LogP contribution is -2.11. The topological polar surface area (TPSA) is 50.4 Å². The average Bonchev–Trinajstić information content (AvgIpc) is 2.78. The summed E-state index contributed by atoms with van der Waals surface area (Å²) in [7, 11) is 0. The van der Waals surface area contributed by atoms with Gasteiger partial charge in [-0.1, -0.05) is 50.8 Å². The van der Waals surface area contributed by atoms with Crippen LogP contribution in [0.4, 0.5) is 17.1 Å². The highest BCUT2D eigenvalue weighted by molar-refractivity contribution is 6.04. The molecule has 30 heavy (non-hydrogen) atoms. The average molecular weight is 403 g/mol. The summed E-state index contributed by atoms with van der Waals surface area (Å²) in [5, 5.41) is 6.26. The maximum absolute atomic E-state index is 12.5. The van der Waals surface area contributed by atoms with Crippen molar-refractivity contribution in [3.8, 4) is 5.75 Å². The van der Waals surface area contributed by atoms with Crippen LogP contribution in [0, 0.1) is 0 Å². The zero-order valence-electron chi connectivity index (χ0n) is 17.6. The van der Waals surface area contributed by atoms with E-state index in [9.17, 15) is 4.79 Å². The van der Waals surface area contributed by atoms with Gasteiger partial charge in [-0.05, 0) is 67.1 Å². The molecule has 0 unspecified atom stereocenters. The number of nitrogens with one attached hydrogen (secondary N) is 2. The summed E-state index contributed by atoms with van der Waals surface area (Å²) in [5.41, 5.74) is 3.36. The van der Waals surface area contributed by atoms with Crippen molar-refractivity contribution in [2.45, 2.75) is 39.0 Å². The van der Waals surface area contributed by atoms with Crippen LogP contribution in [0.15, 0.2) is 78.9 Å². The van der Waals surface area contributed by atoms with Crippen molar-refractivity contribution in [2.24, 2.45) is 0 Å². The van der Waals surface area contributed by atoms with E-state index >= 15 is 0 Å². The number of para-hydroxylation sites is 1. The molecule has 0 saturated heterocycles. The lowest BCUT2D eigenvalue weighted by atomic mass is 10.1. The fraction of sp³-hybridized carbons (Fsp3) is 0.269. The van der Waals surface area contributed by atoms with E-state index in [-0.39, 0.29) is 5.91 Å². The second-order valence-electron chi connectivity index (χ2n) is 7.31. The smallest absolute Gasteiger partial charge is 0.255 e. The van der Waals surface area contributed by atoms with Gasteiger partial charge >= 0.3 is 0 Å². The number of rotatable bonds is 11. The van der Waals surface area contributed by atoms with Gasteiger partial charge < -0.3 is 15.4 Å². The van der Waals surface area contributed by atoms with Crippen molar-refractivity contribution in [3.05, 3.63) is 84.4 Å². The monoisotopic (exact) mass is 402 g/mol. The minimum Gasteiger partial charge on any atom is -0.494 e. The van der Waals surface area contributed by atoms with Crippen molar-refractivity contribution in [2.75, 3.05) is 17.2 Å². The van der Waals surface area contributed by atoms with Gasteiger partial charge in [0.05, 0.1) is 6.61 Å². The third-order valence-electron chi connectivity index (χ3n) is 4.84. The van der Waals surface area contributed by atoms with Gasteiger partial charge in [0.1, 0.15) is 5.75 Å². The fourth-order valence-electron chi connectivity index (χ4n) is 3.13. The van der Waals surface area contributed by atoms with Crippen molar-refractivity contribution in [1.82, 2.24) is 0 Å². The molecule has 0 atom stereocenters. The van der Waals surface area contributed by atoms with Crippen LogP contribution in [0.5, 0.6) is 5.75 Å². The van der Waals surface area contributed by atoms with E-state index in [0.29, 0.717) is 5.56 Å². The van der Waals surface area contributed by atoms with E-state index in [1.165, 1.54) is 25.7 Å². The molecule has 0 spiro atoms. The first kappa shape index (κ1) is 21.4. The van der Waals surface area contributed by atoms with Gasteiger partial charge in [-0.2, -0.15) is 0 Å². The molecule has 156 valence electrons. The van der Waals surface area contributed by atoms with E-state index in [4.69, 9.17) is 4.74 Å².